The number of hydrogen-bond acceptors (Lipinski definition) is 5. The van der Waals surface area contributed by atoms with Crippen molar-refractivity contribution in [1.82, 2.24) is 19.8 Å². The van der Waals surface area contributed by atoms with E-state index in [1.807, 2.05) is 43.0 Å². The number of thioether (sulfide) groups is 1. The standard InChI is InChI=1S/C16H21N5OS/c1-11-5-7-13(8-6-11)14-18-19-16(21(14)17)23-12(2)15(22)20-9-3-4-10-20/h5-8,12H,3-4,9-10,17H2,1-2H3/t12-/m1/s1. The second-order valence-electron chi connectivity index (χ2n) is 5.83. The van der Waals surface area contributed by atoms with E-state index in [4.69, 9.17) is 5.84 Å². The van der Waals surface area contributed by atoms with Crippen LogP contribution in [0, 0.1) is 6.92 Å². The van der Waals surface area contributed by atoms with Crippen LogP contribution in [-0.2, 0) is 4.79 Å². The van der Waals surface area contributed by atoms with E-state index in [0.717, 1.165) is 31.5 Å². The molecule has 1 aromatic carbocycles. The summed E-state index contributed by atoms with van der Waals surface area (Å²) in [6.45, 7) is 5.64. The molecule has 7 heteroatoms. The van der Waals surface area contributed by atoms with Gasteiger partial charge in [0.05, 0.1) is 5.25 Å². The molecule has 1 fully saturated rings. The topological polar surface area (TPSA) is 77.0 Å². The van der Waals surface area contributed by atoms with Crippen LogP contribution in [0.15, 0.2) is 29.4 Å². The maximum Gasteiger partial charge on any atom is 0.235 e. The number of benzene rings is 1. The normalized spacial score (nSPS) is 15.8. The lowest BCUT2D eigenvalue weighted by atomic mass is 10.1. The van der Waals surface area contributed by atoms with Crippen molar-refractivity contribution >= 4 is 17.7 Å². The summed E-state index contributed by atoms with van der Waals surface area (Å²) >= 11 is 1.36. The SMILES string of the molecule is Cc1ccc(-c2nnc(S[C@H](C)C(=O)N3CCCC3)n2N)cc1. The Morgan fingerprint density at radius 3 is 2.52 bits per heavy atom. The summed E-state index contributed by atoms with van der Waals surface area (Å²) in [5, 5.41) is 8.65. The van der Waals surface area contributed by atoms with Crippen LogP contribution in [0.2, 0.25) is 0 Å². The molecule has 1 aliphatic rings. The number of likely N-dealkylation sites (tertiary alicyclic amines) is 1. The molecule has 23 heavy (non-hydrogen) atoms. The molecule has 0 spiro atoms. The molecule has 1 amide bonds. The van der Waals surface area contributed by atoms with Crippen molar-refractivity contribution in [3.8, 4) is 11.4 Å². The van der Waals surface area contributed by atoms with Crippen LogP contribution in [0.25, 0.3) is 11.4 Å². The van der Waals surface area contributed by atoms with Gasteiger partial charge in [0.25, 0.3) is 0 Å². The van der Waals surface area contributed by atoms with Gasteiger partial charge in [-0.2, -0.15) is 0 Å². The van der Waals surface area contributed by atoms with Crippen LogP contribution < -0.4 is 5.84 Å². The van der Waals surface area contributed by atoms with Gasteiger partial charge in [-0.05, 0) is 26.7 Å². The molecule has 2 aromatic rings. The largest absolute Gasteiger partial charge is 0.342 e. The van der Waals surface area contributed by atoms with Crippen LogP contribution >= 0.6 is 11.8 Å². The number of nitrogens with zero attached hydrogens (tertiary/aromatic N) is 4. The number of aromatic nitrogens is 3. The maximum absolute atomic E-state index is 12.4. The summed E-state index contributed by atoms with van der Waals surface area (Å²) in [6, 6.07) is 7.96. The van der Waals surface area contributed by atoms with E-state index < -0.39 is 0 Å². The zero-order valence-corrected chi connectivity index (χ0v) is 14.2. The average molecular weight is 331 g/mol. The number of carbonyl (C=O) groups excluding carboxylic acids is 1. The van der Waals surface area contributed by atoms with Crippen LogP contribution in [0.1, 0.15) is 25.3 Å². The highest BCUT2D eigenvalue weighted by molar-refractivity contribution is 8.00. The highest BCUT2D eigenvalue weighted by Crippen LogP contribution is 2.26. The van der Waals surface area contributed by atoms with E-state index in [9.17, 15) is 4.79 Å². The number of amides is 1. The number of nitrogens with two attached hydrogens (primary N) is 1. The Balaban J connectivity index is 1.74. The summed E-state index contributed by atoms with van der Waals surface area (Å²) in [6.07, 6.45) is 2.18. The van der Waals surface area contributed by atoms with Gasteiger partial charge in [-0.1, -0.05) is 41.6 Å². The van der Waals surface area contributed by atoms with Gasteiger partial charge in [0.1, 0.15) is 0 Å². The smallest absolute Gasteiger partial charge is 0.235 e. The zero-order chi connectivity index (χ0) is 16.4. The third-order valence-electron chi connectivity index (χ3n) is 4.02. The predicted molar refractivity (Wildman–Crippen MR) is 91.5 cm³/mol. The zero-order valence-electron chi connectivity index (χ0n) is 13.4. The van der Waals surface area contributed by atoms with E-state index >= 15 is 0 Å². The van der Waals surface area contributed by atoms with Crippen molar-refractivity contribution in [1.29, 1.82) is 0 Å². The molecule has 0 bridgehead atoms. The minimum atomic E-state index is -0.217. The van der Waals surface area contributed by atoms with E-state index in [1.165, 1.54) is 22.0 Å². The first-order chi connectivity index (χ1) is 11.1. The Morgan fingerprint density at radius 2 is 1.87 bits per heavy atom. The Hall–Kier alpha value is -2.02. The molecule has 122 valence electrons. The Kier molecular flexibility index (Phi) is 4.56. The monoisotopic (exact) mass is 331 g/mol. The molecule has 1 aliphatic heterocycles. The minimum Gasteiger partial charge on any atom is -0.342 e. The number of nitrogen functional groups attached to an aromatic ring is 1. The molecule has 0 saturated carbocycles. The van der Waals surface area contributed by atoms with Crippen molar-refractivity contribution in [3.63, 3.8) is 0 Å². The van der Waals surface area contributed by atoms with E-state index in [-0.39, 0.29) is 11.2 Å². The summed E-state index contributed by atoms with van der Waals surface area (Å²) < 4.78 is 1.46. The summed E-state index contributed by atoms with van der Waals surface area (Å²) in [4.78, 5) is 14.3. The number of carbonyl (C=O) groups is 1. The highest BCUT2D eigenvalue weighted by atomic mass is 32.2. The fraction of sp³-hybridized carbons (Fsp3) is 0.438. The first-order valence-corrected chi connectivity index (χ1v) is 8.67. The first kappa shape index (κ1) is 15.9. The predicted octanol–water partition coefficient (Wildman–Crippen LogP) is 2.07. The lowest BCUT2D eigenvalue weighted by Gasteiger charge is -2.19. The van der Waals surface area contributed by atoms with Gasteiger partial charge in [0, 0.05) is 18.7 Å². The summed E-state index contributed by atoms with van der Waals surface area (Å²) in [7, 11) is 0. The van der Waals surface area contributed by atoms with Gasteiger partial charge in [-0.3, -0.25) is 4.79 Å². The van der Waals surface area contributed by atoms with Gasteiger partial charge in [-0.15, -0.1) is 10.2 Å². The Morgan fingerprint density at radius 1 is 1.22 bits per heavy atom. The number of aryl methyl sites for hydroxylation is 1. The molecule has 2 N–H and O–H groups in total. The van der Waals surface area contributed by atoms with Crippen molar-refractivity contribution in [2.75, 3.05) is 18.9 Å². The third-order valence-corrected chi connectivity index (χ3v) is 5.07. The fourth-order valence-electron chi connectivity index (χ4n) is 2.66. The molecule has 2 heterocycles. The molecule has 0 radical (unpaired) electrons. The van der Waals surface area contributed by atoms with Gasteiger partial charge in [0.2, 0.25) is 11.1 Å². The third kappa shape index (κ3) is 3.34. The molecule has 0 aliphatic carbocycles. The summed E-state index contributed by atoms with van der Waals surface area (Å²) in [5.41, 5.74) is 2.09. The van der Waals surface area contributed by atoms with Crippen molar-refractivity contribution < 1.29 is 4.79 Å². The van der Waals surface area contributed by atoms with Gasteiger partial charge < -0.3 is 10.7 Å². The van der Waals surface area contributed by atoms with E-state index in [2.05, 4.69) is 10.2 Å². The van der Waals surface area contributed by atoms with Gasteiger partial charge >= 0.3 is 0 Å². The van der Waals surface area contributed by atoms with Crippen LogP contribution in [0.3, 0.4) is 0 Å². The van der Waals surface area contributed by atoms with Crippen molar-refractivity contribution in [3.05, 3.63) is 29.8 Å². The lowest BCUT2D eigenvalue weighted by molar-refractivity contribution is -0.129. The molecular weight excluding hydrogens is 310 g/mol. The Bertz CT molecular complexity index is 691. The van der Waals surface area contributed by atoms with Crippen molar-refractivity contribution in [2.24, 2.45) is 0 Å². The highest BCUT2D eigenvalue weighted by Gasteiger charge is 2.26. The van der Waals surface area contributed by atoms with Gasteiger partial charge in [0.15, 0.2) is 5.82 Å². The lowest BCUT2D eigenvalue weighted by Crippen LogP contribution is -2.34. The number of hydrogen-bond donors (Lipinski definition) is 1. The minimum absolute atomic E-state index is 0.146. The van der Waals surface area contributed by atoms with Crippen LogP contribution in [0.5, 0.6) is 0 Å². The Labute approximate surface area is 140 Å². The fourth-order valence-corrected chi connectivity index (χ4v) is 3.51. The molecule has 0 unspecified atom stereocenters. The van der Waals surface area contributed by atoms with Crippen LogP contribution in [0.4, 0.5) is 0 Å². The van der Waals surface area contributed by atoms with E-state index in [0.29, 0.717) is 11.0 Å². The molecule has 1 aromatic heterocycles. The molecule has 6 nitrogen and oxygen atoms in total. The quantitative estimate of drug-likeness (QED) is 0.685. The average Bonchev–Trinajstić information content (AvgIpc) is 3.19. The van der Waals surface area contributed by atoms with Crippen LogP contribution in [-0.4, -0.2) is 44.0 Å². The second kappa shape index (κ2) is 6.62. The molecule has 1 atom stereocenters. The first-order valence-electron chi connectivity index (χ1n) is 7.79. The summed E-state index contributed by atoms with van der Waals surface area (Å²) in [5.74, 6) is 6.87. The maximum atomic E-state index is 12.4. The second-order valence-corrected chi connectivity index (χ2v) is 7.14. The molecule has 1 saturated heterocycles. The molecule has 3 rings (SSSR count). The number of rotatable bonds is 4. The molecular formula is C16H21N5OS. The van der Waals surface area contributed by atoms with Crippen molar-refractivity contribution in [2.45, 2.75) is 37.1 Å². The van der Waals surface area contributed by atoms with Gasteiger partial charge in [-0.25, -0.2) is 4.68 Å². The van der Waals surface area contributed by atoms with E-state index in [1.54, 1.807) is 0 Å².